The molecule has 0 bridgehead atoms. The van der Waals surface area contributed by atoms with Crippen molar-refractivity contribution in [2.45, 2.75) is 33.4 Å². The van der Waals surface area contributed by atoms with Gasteiger partial charge in [-0.2, -0.15) is 5.10 Å². The second kappa shape index (κ2) is 9.04. The van der Waals surface area contributed by atoms with Gasteiger partial charge in [-0.25, -0.2) is 9.97 Å². The van der Waals surface area contributed by atoms with E-state index in [9.17, 15) is 4.79 Å². The van der Waals surface area contributed by atoms with Gasteiger partial charge >= 0.3 is 0 Å². The molecular weight excluding hydrogens is 376 g/mol. The summed E-state index contributed by atoms with van der Waals surface area (Å²) in [4.78, 5) is 31.5. The molecule has 0 spiro atoms. The van der Waals surface area contributed by atoms with E-state index in [1.54, 1.807) is 6.20 Å². The Kier molecular flexibility index (Phi) is 6.27. The Bertz CT molecular complexity index is 983. The molecule has 0 atom stereocenters. The molecule has 29 heavy (non-hydrogen) atoms. The first-order valence-electron chi connectivity index (χ1n) is 9.08. The van der Waals surface area contributed by atoms with Gasteiger partial charge in [0.2, 0.25) is 0 Å². The number of hydrogen-bond acceptors (Lipinski definition) is 7. The zero-order valence-corrected chi connectivity index (χ0v) is 16.3. The van der Waals surface area contributed by atoms with Crippen LogP contribution in [0.4, 0.5) is 0 Å². The molecule has 3 aromatic rings. The van der Waals surface area contributed by atoms with Crippen LogP contribution in [-0.2, 0) is 24.3 Å². The maximum absolute atomic E-state index is 12.9. The molecule has 0 saturated heterocycles. The Labute approximate surface area is 167 Å². The van der Waals surface area contributed by atoms with Crippen molar-refractivity contribution in [3.8, 4) is 0 Å². The average Bonchev–Trinajstić information content (AvgIpc) is 3.30. The highest BCUT2D eigenvalue weighted by atomic mass is 16.3. The zero-order chi connectivity index (χ0) is 20.8. The van der Waals surface area contributed by atoms with Crippen molar-refractivity contribution in [3.63, 3.8) is 0 Å². The first-order chi connectivity index (χ1) is 14.0. The lowest BCUT2D eigenvalue weighted by Gasteiger charge is -2.20. The van der Waals surface area contributed by atoms with Crippen LogP contribution < -0.4 is 0 Å². The molecule has 0 saturated carbocycles. The van der Waals surface area contributed by atoms with Gasteiger partial charge in [0.15, 0.2) is 5.82 Å². The van der Waals surface area contributed by atoms with Crippen LogP contribution in [0.1, 0.15) is 33.4 Å². The van der Waals surface area contributed by atoms with Crippen molar-refractivity contribution in [1.29, 1.82) is 0 Å². The minimum atomic E-state index is -0.250. The molecule has 0 unspecified atom stereocenters. The number of fused-ring (bicyclic) bond motifs is 1. The van der Waals surface area contributed by atoms with Gasteiger partial charge in [-0.1, -0.05) is 0 Å². The molecule has 4 rings (SSSR count). The van der Waals surface area contributed by atoms with Gasteiger partial charge in [-0.05, 0) is 19.9 Å². The third-order valence-electron chi connectivity index (χ3n) is 4.79. The maximum atomic E-state index is 12.9. The van der Waals surface area contributed by atoms with E-state index in [4.69, 9.17) is 9.90 Å². The summed E-state index contributed by atoms with van der Waals surface area (Å²) in [6, 6.07) is 1.88. The Morgan fingerprint density at radius 1 is 1.21 bits per heavy atom. The summed E-state index contributed by atoms with van der Waals surface area (Å²) in [7, 11) is 0. The summed E-state index contributed by atoms with van der Waals surface area (Å²) in [5.74, 6) is 1.70. The highest BCUT2D eigenvalue weighted by Crippen LogP contribution is 2.15. The van der Waals surface area contributed by atoms with Crippen molar-refractivity contribution in [2.75, 3.05) is 13.1 Å². The fourth-order valence-corrected chi connectivity index (χ4v) is 3.15. The number of aryl methyl sites for hydroxylation is 1. The van der Waals surface area contributed by atoms with E-state index in [1.807, 2.05) is 35.7 Å². The van der Waals surface area contributed by atoms with Crippen LogP contribution in [-0.4, -0.2) is 70.0 Å². The molecule has 11 nitrogen and oxygen atoms in total. The van der Waals surface area contributed by atoms with E-state index in [2.05, 4.69) is 29.8 Å². The molecule has 1 aliphatic heterocycles. The van der Waals surface area contributed by atoms with Crippen LogP contribution in [0.5, 0.6) is 0 Å². The molecule has 1 N–H and O–H groups in total. The standard InChI is InChI=1S/C17H20N8O.CH2O2/c1-12-13(2)18-11-19-16(12)17(26)23-7-4-14-21-22-15(25(14)9-8-23)10-24-6-3-5-20-24;2-1-3/h3,5-6,11H,4,7-10H2,1-2H3;1H,(H,2,3). The molecule has 0 aliphatic carbocycles. The molecule has 1 aliphatic rings. The smallest absolute Gasteiger partial charge is 0.290 e. The van der Waals surface area contributed by atoms with Gasteiger partial charge in [0.1, 0.15) is 24.4 Å². The molecule has 152 valence electrons. The van der Waals surface area contributed by atoms with E-state index in [-0.39, 0.29) is 12.4 Å². The molecule has 11 heteroatoms. The number of rotatable bonds is 3. The molecule has 0 aromatic carbocycles. The van der Waals surface area contributed by atoms with Gasteiger partial charge < -0.3 is 14.6 Å². The lowest BCUT2D eigenvalue weighted by molar-refractivity contribution is -0.122. The van der Waals surface area contributed by atoms with Crippen molar-refractivity contribution >= 4 is 12.4 Å². The summed E-state index contributed by atoms with van der Waals surface area (Å²) < 4.78 is 3.91. The van der Waals surface area contributed by atoms with Crippen molar-refractivity contribution in [2.24, 2.45) is 0 Å². The minimum absolute atomic E-state index is 0.0552. The third kappa shape index (κ3) is 4.45. The fraction of sp³-hybridized carbons (Fsp3) is 0.389. The monoisotopic (exact) mass is 398 g/mol. The molecular formula is C18H22N8O3. The van der Waals surface area contributed by atoms with E-state index >= 15 is 0 Å². The molecule has 3 aromatic heterocycles. The number of carbonyl (C=O) groups is 2. The van der Waals surface area contributed by atoms with Crippen LogP contribution in [0.15, 0.2) is 24.8 Å². The normalized spacial score (nSPS) is 13.1. The lowest BCUT2D eigenvalue weighted by Crippen LogP contribution is -2.35. The summed E-state index contributed by atoms with van der Waals surface area (Å²) in [6.45, 7) is 5.95. The second-order valence-electron chi connectivity index (χ2n) is 6.47. The zero-order valence-electron chi connectivity index (χ0n) is 16.3. The van der Waals surface area contributed by atoms with Crippen LogP contribution in [0.25, 0.3) is 0 Å². The number of aromatic nitrogens is 7. The predicted octanol–water partition coefficient (Wildman–Crippen LogP) is 0.329. The SMILES string of the molecule is Cc1ncnc(C(=O)N2CCc3nnc(Cn4cccn4)n3CC2)c1C.O=CO. The number of hydrogen-bond donors (Lipinski definition) is 1. The lowest BCUT2D eigenvalue weighted by atomic mass is 10.1. The van der Waals surface area contributed by atoms with Gasteiger partial charge in [0, 0.05) is 49.7 Å². The Balaban J connectivity index is 0.000000755. The summed E-state index contributed by atoms with van der Waals surface area (Å²) >= 11 is 0. The molecule has 0 radical (unpaired) electrons. The van der Waals surface area contributed by atoms with E-state index in [1.165, 1.54) is 6.33 Å². The van der Waals surface area contributed by atoms with Gasteiger partial charge in [-0.15, -0.1) is 10.2 Å². The Morgan fingerprint density at radius 3 is 2.72 bits per heavy atom. The number of carbonyl (C=O) groups excluding carboxylic acids is 1. The first-order valence-corrected chi connectivity index (χ1v) is 9.08. The van der Waals surface area contributed by atoms with Crippen LogP contribution in [0, 0.1) is 13.8 Å². The third-order valence-corrected chi connectivity index (χ3v) is 4.79. The quantitative estimate of drug-likeness (QED) is 0.624. The highest BCUT2D eigenvalue weighted by Gasteiger charge is 2.24. The van der Waals surface area contributed by atoms with Gasteiger partial charge in [0.05, 0.1) is 0 Å². The van der Waals surface area contributed by atoms with Gasteiger partial charge in [-0.3, -0.25) is 14.3 Å². The predicted molar refractivity (Wildman–Crippen MR) is 101 cm³/mol. The Hall–Kier alpha value is -3.63. The average molecular weight is 398 g/mol. The topological polar surface area (TPSA) is 132 Å². The van der Waals surface area contributed by atoms with Crippen molar-refractivity contribution < 1.29 is 14.7 Å². The highest BCUT2D eigenvalue weighted by molar-refractivity contribution is 5.93. The van der Waals surface area contributed by atoms with Gasteiger partial charge in [0.25, 0.3) is 12.4 Å². The minimum Gasteiger partial charge on any atom is -0.483 e. The molecule has 0 fully saturated rings. The first kappa shape index (κ1) is 20.1. The van der Waals surface area contributed by atoms with Crippen molar-refractivity contribution in [1.82, 2.24) is 39.4 Å². The van der Waals surface area contributed by atoms with Crippen LogP contribution >= 0.6 is 0 Å². The Morgan fingerprint density at radius 2 is 2.00 bits per heavy atom. The van der Waals surface area contributed by atoms with Crippen LogP contribution in [0.3, 0.4) is 0 Å². The van der Waals surface area contributed by atoms with Crippen molar-refractivity contribution in [3.05, 3.63) is 53.4 Å². The maximum Gasteiger partial charge on any atom is 0.290 e. The van der Waals surface area contributed by atoms with Crippen LogP contribution in [0.2, 0.25) is 0 Å². The molecule has 4 heterocycles. The number of nitrogens with zero attached hydrogens (tertiary/aromatic N) is 8. The summed E-state index contributed by atoms with van der Waals surface area (Å²) in [5, 5.41) is 19.7. The fourth-order valence-electron chi connectivity index (χ4n) is 3.15. The number of amides is 1. The number of carboxylic acid groups (broad SMARTS) is 1. The second-order valence-corrected chi connectivity index (χ2v) is 6.47. The molecule has 1 amide bonds. The largest absolute Gasteiger partial charge is 0.483 e. The van der Waals surface area contributed by atoms with E-state index in [0.29, 0.717) is 38.3 Å². The summed E-state index contributed by atoms with van der Waals surface area (Å²) in [6.07, 6.45) is 5.76. The summed E-state index contributed by atoms with van der Waals surface area (Å²) in [5.41, 5.74) is 2.14. The van der Waals surface area contributed by atoms with E-state index in [0.717, 1.165) is 22.9 Å². The van der Waals surface area contributed by atoms with E-state index < -0.39 is 0 Å².